The molecule has 1 aromatic rings. The SMILES string of the molecule is CCCC(N)C(=O)Nc1cc(Br)ccc1OC. The van der Waals surface area contributed by atoms with Gasteiger partial charge in [0.1, 0.15) is 5.75 Å². The zero-order valence-corrected chi connectivity index (χ0v) is 11.6. The maximum absolute atomic E-state index is 11.8. The summed E-state index contributed by atoms with van der Waals surface area (Å²) in [5.74, 6) is 0.425. The second-order valence-electron chi connectivity index (χ2n) is 3.73. The van der Waals surface area contributed by atoms with Crippen LogP contribution in [0, 0.1) is 0 Å². The first-order chi connectivity index (χ1) is 8.08. The first kappa shape index (κ1) is 14.0. The average Bonchev–Trinajstić information content (AvgIpc) is 2.29. The van der Waals surface area contributed by atoms with Gasteiger partial charge < -0.3 is 15.8 Å². The van der Waals surface area contributed by atoms with Crippen molar-refractivity contribution in [2.24, 2.45) is 5.73 Å². The Labute approximate surface area is 110 Å². The van der Waals surface area contributed by atoms with Crippen LogP contribution in [0.3, 0.4) is 0 Å². The minimum absolute atomic E-state index is 0.191. The molecule has 1 atom stereocenters. The third-order valence-corrected chi connectivity index (χ3v) is 2.85. The number of anilines is 1. The van der Waals surface area contributed by atoms with Gasteiger partial charge in [-0.25, -0.2) is 0 Å². The molecule has 0 spiro atoms. The summed E-state index contributed by atoms with van der Waals surface area (Å²) in [5.41, 5.74) is 6.36. The van der Waals surface area contributed by atoms with Crippen molar-refractivity contribution in [2.45, 2.75) is 25.8 Å². The van der Waals surface area contributed by atoms with Crippen LogP contribution in [-0.4, -0.2) is 19.1 Å². The lowest BCUT2D eigenvalue weighted by atomic mass is 10.1. The first-order valence-corrected chi connectivity index (χ1v) is 6.27. The van der Waals surface area contributed by atoms with E-state index in [0.29, 0.717) is 17.9 Å². The summed E-state index contributed by atoms with van der Waals surface area (Å²) in [6.45, 7) is 1.99. The van der Waals surface area contributed by atoms with Gasteiger partial charge in [-0.2, -0.15) is 0 Å². The van der Waals surface area contributed by atoms with E-state index in [1.165, 1.54) is 0 Å². The van der Waals surface area contributed by atoms with Crippen molar-refractivity contribution >= 4 is 27.5 Å². The zero-order chi connectivity index (χ0) is 12.8. The second-order valence-corrected chi connectivity index (χ2v) is 4.64. The Kier molecular flexibility index (Phi) is 5.44. The summed E-state index contributed by atoms with van der Waals surface area (Å²) < 4.78 is 6.04. The van der Waals surface area contributed by atoms with E-state index in [1.807, 2.05) is 13.0 Å². The Morgan fingerprint density at radius 2 is 2.29 bits per heavy atom. The molecular weight excluding hydrogens is 284 g/mol. The molecular formula is C12H17BrN2O2. The summed E-state index contributed by atoms with van der Waals surface area (Å²) >= 11 is 3.35. The van der Waals surface area contributed by atoms with Gasteiger partial charge in [0, 0.05) is 4.47 Å². The molecule has 0 aliphatic heterocycles. The Bertz CT molecular complexity index is 396. The fourth-order valence-electron chi connectivity index (χ4n) is 1.45. The van der Waals surface area contributed by atoms with Gasteiger partial charge in [-0.3, -0.25) is 4.79 Å². The van der Waals surface area contributed by atoms with Crippen LogP contribution in [0.5, 0.6) is 5.75 Å². The Hall–Kier alpha value is -1.07. The highest BCUT2D eigenvalue weighted by Crippen LogP contribution is 2.27. The molecule has 17 heavy (non-hydrogen) atoms. The lowest BCUT2D eigenvalue weighted by Crippen LogP contribution is -2.35. The largest absolute Gasteiger partial charge is 0.495 e. The van der Waals surface area contributed by atoms with Gasteiger partial charge in [-0.05, 0) is 24.6 Å². The molecule has 0 radical (unpaired) electrons. The van der Waals surface area contributed by atoms with E-state index in [1.54, 1.807) is 19.2 Å². The number of benzene rings is 1. The monoisotopic (exact) mass is 300 g/mol. The first-order valence-electron chi connectivity index (χ1n) is 5.48. The number of amides is 1. The van der Waals surface area contributed by atoms with Crippen molar-refractivity contribution in [1.29, 1.82) is 0 Å². The molecule has 3 N–H and O–H groups in total. The van der Waals surface area contributed by atoms with Crippen LogP contribution in [0.15, 0.2) is 22.7 Å². The van der Waals surface area contributed by atoms with Gasteiger partial charge >= 0.3 is 0 Å². The van der Waals surface area contributed by atoms with Crippen molar-refractivity contribution in [3.8, 4) is 5.75 Å². The standard InChI is InChI=1S/C12H17BrN2O2/c1-3-4-9(14)12(16)15-10-7-8(13)5-6-11(10)17-2/h5-7,9H,3-4,14H2,1-2H3,(H,15,16). The Morgan fingerprint density at radius 3 is 2.88 bits per heavy atom. The van der Waals surface area contributed by atoms with Crippen molar-refractivity contribution in [2.75, 3.05) is 12.4 Å². The number of hydrogen-bond acceptors (Lipinski definition) is 3. The molecule has 1 unspecified atom stereocenters. The van der Waals surface area contributed by atoms with E-state index < -0.39 is 6.04 Å². The highest BCUT2D eigenvalue weighted by molar-refractivity contribution is 9.10. The van der Waals surface area contributed by atoms with Crippen LogP contribution in [0.1, 0.15) is 19.8 Å². The van der Waals surface area contributed by atoms with Gasteiger partial charge in [0.25, 0.3) is 0 Å². The predicted octanol–water partition coefficient (Wildman–Crippen LogP) is 2.52. The minimum Gasteiger partial charge on any atom is -0.495 e. The smallest absolute Gasteiger partial charge is 0.241 e. The van der Waals surface area contributed by atoms with Gasteiger partial charge in [0.2, 0.25) is 5.91 Å². The maximum Gasteiger partial charge on any atom is 0.241 e. The molecule has 5 heteroatoms. The van der Waals surface area contributed by atoms with Crippen LogP contribution in [0.4, 0.5) is 5.69 Å². The molecule has 0 saturated heterocycles. The highest BCUT2D eigenvalue weighted by Gasteiger charge is 2.14. The summed E-state index contributed by atoms with van der Waals surface area (Å²) in [5, 5.41) is 2.77. The van der Waals surface area contributed by atoms with E-state index in [4.69, 9.17) is 10.5 Å². The fourth-order valence-corrected chi connectivity index (χ4v) is 1.81. The van der Waals surface area contributed by atoms with Gasteiger partial charge in [0.15, 0.2) is 0 Å². The predicted molar refractivity (Wildman–Crippen MR) is 72.2 cm³/mol. The number of halogens is 1. The number of methoxy groups -OCH3 is 1. The second kappa shape index (κ2) is 6.61. The number of rotatable bonds is 5. The van der Waals surface area contributed by atoms with Gasteiger partial charge in [-0.1, -0.05) is 29.3 Å². The zero-order valence-electron chi connectivity index (χ0n) is 10.00. The molecule has 1 rings (SSSR count). The average molecular weight is 301 g/mol. The van der Waals surface area contributed by atoms with Crippen molar-refractivity contribution in [3.05, 3.63) is 22.7 Å². The van der Waals surface area contributed by atoms with E-state index >= 15 is 0 Å². The van der Waals surface area contributed by atoms with Gasteiger partial charge in [-0.15, -0.1) is 0 Å². The number of nitrogens with two attached hydrogens (primary N) is 1. The van der Waals surface area contributed by atoms with Crippen LogP contribution < -0.4 is 15.8 Å². The third kappa shape index (κ3) is 4.02. The lowest BCUT2D eigenvalue weighted by molar-refractivity contribution is -0.117. The number of carbonyl (C=O) groups excluding carboxylic acids is 1. The normalized spacial score (nSPS) is 12.0. The molecule has 0 bridgehead atoms. The molecule has 0 saturated carbocycles. The summed E-state index contributed by atoms with van der Waals surface area (Å²) in [7, 11) is 1.56. The minimum atomic E-state index is -0.483. The van der Waals surface area contributed by atoms with Crippen molar-refractivity contribution < 1.29 is 9.53 Å². The molecule has 0 aliphatic rings. The number of hydrogen-bond donors (Lipinski definition) is 2. The van der Waals surface area contributed by atoms with Crippen molar-refractivity contribution in [3.63, 3.8) is 0 Å². The van der Waals surface area contributed by atoms with Crippen LogP contribution >= 0.6 is 15.9 Å². The number of ether oxygens (including phenoxy) is 1. The Morgan fingerprint density at radius 1 is 1.59 bits per heavy atom. The molecule has 4 nitrogen and oxygen atoms in total. The molecule has 0 aliphatic carbocycles. The van der Waals surface area contributed by atoms with E-state index in [-0.39, 0.29) is 5.91 Å². The lowest BCUT2D eigenvalue weighted by Gasteiger charge is -2.14. The molecule has 0 aromatic heterocycles. The van der Waals surface area contributed by atoms with Crippen LogP contribution in [0.2, 0.25) is 0 Å². The molecule has 94 valence electrons. The van der Waals surface area contributed by atoms with E-state index in [9.17, 15) is 4.79 Å². The van der Waals surface area contributed by atoms with Crippen LogP contribution in [0.25, 0.3) is 0 Å². The van der Waals surface area contributed by atoms with E-state index in [0.717, 1.165) is 10.9 Å². The van der Waals surface area contributed by atoms with Crippen molar-refractivity contribution in [1.82, 2.24) is 0 Å². The Balaban J connectivity index is 2.79. The summed E-state index contributed by atoms with van der Waals surface area (Å²) in [4.78, 5) is 11.8. The molecule has 0 heterocycles. The van der Waals surface area contributed by atoms with E-state index in [2.05, 4.69) is 21.2 Å². The fraction of sp³-hybridized carbons (Fsp3) is 0.417. The quantitative estimate of drug-likeness (QED) is 0.878. The molecule has 0 fully saturated rings. The summed E-state index contributed by atoms with van der Waals surface area (Å²) in [6.07, 6.45) is 1.55. The molecule has 1 aromatic carbocycles. The maximum atomic E-state index is 11.8. The summed E-state index contributed by atoms with van der Waals surface area (Å²) in [6, 6.07) is 4.93. The number of carbonyl (C=O) groups is 1. The van der Waals surface area contributed by atoms with Gasteiger partial charge in [0.05, 0.1) is 18.8 Å². The van der Waals surface area contributed by atoms with Crippen LogP contribution in [-0.2, 0) is 4.79 Å². The number of nitrogens with one attached hydrogen (secondary N) is 1. The highest BCUT2D eigenvalue weighted by atomic mass is 79.9. The topological polar surface area (TPSA) is 64.4 Å². The third-order valence-electron chi connectivity index (χ3n) is 2.36. The molecule has 1 amide bonds.